The maximum absolute atomic E-state index is 12.1. The highest BCUT2D eigenvalue weighted by Gasteiger charge is 2.31. The van der Waals surface area contributed by atoms with Crippen molar-refractivity contribution in [2.24, 2.45) is 5.73 Å². The minimum absolute atomic E-state index is 0.0533. The Morgan fingerprint density at radius 1 is 1.09 bits per heavy atom. The van der Waals surface area contributed by atoms with Crippen molar-refractivity contribution in [2.75, 3.05) is 7.11 Å². The second-order valence-corrected chi connectivity index (χ2v) is 4.49. The largest absolute Gasteiger partial charge is 0.573 e. The SMILES string of the molecule is COc1cccc(O)c1[C@H](N)c1ccc(OC(F)(F)F)cc1. The van der Waals surface area contributed by atoms with E-state index in [0.717, 1.165) is 12.1 Å². The molecule has 0 radical (unpaired) electrons. The van der Waals surface area contributed by atoms with E-state index in [-0.39, 0.29) is 11.5 Å². The fraction of sp³-hybridized carbons (Fsp3) is 0.200. The van der Waals surface area contributed by atoms with E-state index in [1.807, 2.05) is 0 Å². The van der Waals surface area contributed by atoms with E-state index in [0.29, 0.717) is 16.9 Å². The lowest BCUT2D eigenvalue weighted by Gasteiger charge is -2.18. The first-order chi connectivity index (χ1) is 10.3. The molecule has 0 aromatic heterocycles. The minimum atomic E-state index is -4.75. The number of nitrogens with two attached hydrogens (primary N) is 1. The van der Waals surface area contributed by atoms with Crippen LogP contribution in [0.5, 0.6) is 17.2 Å². The van der Waals surface area contributed by atoms with Crippen LogP contribution in [0.4, 0.5) is 13.2 Å². The number of hydrogen-bond acceptors (Lipinski definition) is 4. The Balaban J connectivity index is 2.29. The van der Waals surface area contributed by atoms with Crippen molar-refractivity contribution in [1.29, 1.82) is 0 Å². The van der Waals surface area contributed by atoms with E-state index < -0.39 is 12.4 Å². The molecule has 0 aliphatic rings. The third-order valence-electron chi connectivity index (χ3n) is 3.05. The van der Waals surface area contributed by atoms with Crippen LogP contribution < -0.4 is 15.2 Å². The van der Waals surface area contributed by atoms with Gasteiger partial charge < -0.3 is 20.3 Å². The summed E-state index contributed by atoms with van der Waals surface area (Å²) in [5.41, 5.74) is 6.93. The van der Waals surface area contributed by atoms with Gasteiger partial charge in [-0.1, -0.05) is 18.2 Å². The lowest BCUT2D eigenvalue weighted by molar-refractivity contribution is -0.274. The van der Waals surface area contributed by atoms with E-state index in [1.165, 1.54) is 25.3 Å². The zero-order valence-corrected chi connectivity index (χ0v) is 11.6. The van der Waals surface area contributed by atoms with Crippen molar-refractivity contribution in [1.82, 2.24) is 0 Å². The smallest absolute Gasteiger partial charge is 0.507 e. The van der Waals surface area contributed by atoms with Gasteiger partial charge in [0, 0.05) is 0 Å². The number of phenolic OH excluding ortho intramolecular Hbond substituents is 1. The number of ether oxygens (including phenoxy) is 2. The van der Waals surface area contributed by atoms with Gasteiger partial charge >= 0.3 is 6.36 Å². The number of rotatable bonds is 4. The number of aromatic hydroxyl groups is 1. The highest BCUT2D eigenvalue weighted by atomic mass is 19.4. The zero-order valence-electron chi connectivity index (χ0n) is 11.6. The van der Waals surface area contributed by atoms with Crippen molar-refractivity contribution < 1.29 is 27.8 Å². The summed E-state index contributed by atoms with van der Waals surface area (Å²) in [5.74, 6) is -0.00159. The number of hydrogen-bond donors (Lipinski definition) is 2. The highest BCUT2D eigenvalue weighted by molar-refractivity contribution is 5.50. The fourth-order valence-electron chi connectivity index (χ4n) is 2.07. The standard InChI is InChI=1S/C15H14F3NO3/c1-21-12-4-2-3-11(20)13(12)14(19)9-5-7-10(8-6-9)22-15(16,17)18/h2-8,14,20H,19H2,1H3/t14-/m1/s1. The van der Waals surface area contributed by atoms with Gasteiger partial charge in [-0.3, -0.25) is 0 Å². The Labute approximate surface area is 124 Å². The van der Waals surface area contributed by atoms with Crippen molar-refractivity contribution in [2.45, 2.75) is 12.4 Å². The van der Waals surface area contributed by atoms with Crippen LogP contribution in [0.25, 0.3) is 0 Å². The molecule has 3 N–H and O–H groups in total. The summed E-state index contributed by atoms with van der Waals surface area (Å²) in [7, 11) is 1.44. The molecule has 118 valence electrons. The fourth-order valence-corrected chi connectivity index (χ4v) is 2.07. The van der Waals surface area contributed by atoms with Crippen LogP contribution in [0.15, 0.2) is 42.5 Å². The first-order valence-corrected chi connectivity index (χ1v) is 6.29. The van der Waals surface area contributed by atoms with Crippen LogP contribution in [0.2, 0.25) is 0 Å². The molecule has 0 saturated carbocycles. The first kappa shape index (κ1) is 16.0. The average molecular weight is 313 g/mol. The second kappa shape index (κ2) is 6.15. The van der Waals surface area contributed by atoms with Gasteiger partial charge in [-0.15, -0.1) is 13.2 Å². The summed E-state index contributed by atoms with van der Waals surface area (Å²) in [5, 5.41) is 9.93. The normalized spacial score (nSPS) is 12.8. The van der Waals surface area contributed by atoms with Gasteiger partial charge in [0.25, 0.3) is 0 Å². The quantitative estimate of drug-likeness (QED) is 0.908. The molecule has 0 spiro atoms. The molecule has 2 aromatic rings. The van der Waals surface area contributed by atoms with Crippen LogP contribution in [0.3, 0.4) is 0 Å². The third kappa shape index (κ3) is 3.62. The molecular formula is C15H14F3NO3. The minimum Gasteiger partial charge on any atom is -0.507 e. The number of alkyl halides is 3. The molecule has 0 unspecified atom stereocenters. The van der Waals surface area contributed by atoms with Crippen LogP contribution >= 0.6 is 0 Å². The molecule has 7 heteroatoms. The molecule has 0 heterocycles. The van der Waals surface area contributed by atoms with Crippen LogP contribution in [0, 0.1) is 0 Å². The summed E-state index contributed by atoms with van der Waals surface area (Å²) in [4.78, 5) is 0. The molecule has 0 bridgehead atoms. The van der Waals surface area contributed by atoms with Crippen LogP contribution in [-0.4, -0.2) is 18.6 Å². The van der Waals surface area contributed by atoms with Gasteiger partial charge in [-0.05, 0) is 29.8 Å². The van der Waals surface area contributed by atoms with E-state index in [2.05, 4.69) is 4.74 Å². The average Bonchev–Trinajstić information content (AvgIpc) is 2.45. The van der Waals surface area contributed by atoms with Crippen molar-refractivity contribution in [3.63, 3.8) is 0 Å². The Morgan fingerprint density at radius 3 is 2.27 bits per heavy atom. The lowest BCUT2D eigenvalue weighted by Crippen LogP contribution is -2.17. The molecular weight excluding hydrogens is 299 g/mol. The molecule has 1 atom stereocenters. The first-order valence-electron chi connectivity index (χ1n) is 6.29. The monoisotopic (exact) mass is 313 g/mol. The molecule has 0 aliphatic carbocycles. The van der Waals surface area contributed by atoms with Crippen molar-refractivity contribution >= 4 is 0 Å². The van der Waals surface area contributed by atoms with E-state index in [1.54, 1.807) is 12.1 Å². The Bertz CT molecular complexity index is 641. The van der Waals surface area contributed by atoms with Crippen LogP contribution in [-0.2, 0) is 0 Å². The predicted molar refractivity (Wildman–Crippen MR) is 73.8 cm³/mol. The van der Waals surface area contributed by atoms with E-state index in [9.17, 15) is 18.3 Å². The summed E-state index contributed by atoms with van der Waals surface area (Å²) in [6.07, 6.45) is -4.75. The Hall–Kier alpha value is -2.41. The second-order valence-electron chi connectivity index (χ2n) is 4.49. The maximum atomic E-state index is 12.1. The molecule has 4 nitrogen and oxygen atoms in total. The Kier molecular flexibility index (Phi) is 4.46. The topological polar surface area (TPSA) is 64.7 Å². The van der Waals surface area contributed by atoms with Gasteiger partial charge in [0.15, 0.2) is 0 Å². The Morgan fingerprint density at radius 2 is 1.73 bits per heavy atom. The van der Waals surface area contributed by atoms with Gasteiger partial charge in [0.05, 0.1) is 18.7 Å². The third-order valence-corrected chi connectivity index (χ3v) is 3.05. The number of halogens is 3. The molecule has 0 amide bonds. The number of methoxy groups -OCH3 is 1. The highest BCUT2D eigenvalue weighted by Crippen LogP contribution is 2.35. The summed E-state index contributed by atoms with van der Waals surface area (Å²) in [6.45, 7) is 0. The van der Waals surface area contributed by atoms with E-state index >= 15 is 0 Å². The van der Waals surface area contributed by atoms with Crippen molar-refractivity contribution in [3.8, 4) is 17.2 Å². The summed E-state index contributed by atoms with van der Waals surface area (Å²) < 4.78 is 45.3. The molecule has 2 aromatic carbocycles. The van der Waals surface area contributed by atoms with Gasteiger partial charge in [0.2, 0.25) is 0 Å². The molecule has 2 rings (SSSR count). The van der Waals surface area contributed by atoms with Crippen molar-refractivity contribution in [3.05, 3.63) is 53.6 Å². The maximum Gasteiger partial charge on any atom is 0.573 e. The van der Waals surface area contributed by atoms with Gasteiger partial charge in [-0.2, -0.15) is 0 Å². The zero-order chi connectivity index (χ0) is 16.3. The van der Waals surface area contributed by atoms with Crippen LogP contribution in [0.1, 0.15) is 17.2 Å². The van der Waals surface area contributed by atoms with E-state index in [4.69, 9.17) is 10.5 Å². The summed E-state index contributed by atoms with van der Waals surface area (Å²) in [6, 6.07) is 9.06. The van der Waals surface area contributed by atoms with Gasteiger partial charge in [0.1, 0.15) is 17.2 Å². The molecule has 0 aliphatic heterocycles. The number of benzene rings is 2. The van der Waals surface area contributed by atoms with Gasteiger partial charge in [-0.25, -0.2) is 0 Å². The predicted octanol–water partition coefficient (Wildman–Crippen LogP) is 3.35. The molecule has 22 heavy (non-hydrogen) atoms. The lowest BCUT2D eigenvalue weighted by atomic mass is 9.97. The summed E-state index contributed by atoms with van der Waals surface area (Å²) >= 11 is 0. The molecule has 0 fully saturated rings. The molecule has 0 saturated heterocycles. The number of phenols is 1.